The third-order valence-electron chi connectivity index (χ3n) is 5.39. The van der Waals surface area contributed by atoms with Gasteiger partial charge in [0.25, 0.3) is 0 Å². The van der Waals surface area contributed by atoms with E-state index in [-0.39, 0.29) is 6.10 Å². The van der Waals surface area contributed by atoms with Crippen molar-refractivity contribution < 1.29 is 24.1 Å². The minimum Gasteiger partial charge on any atom is -0.390 e. The lowest BCUT2D eigenvalue weighted by atomic mass is 10.0. The molecule has 0 radical (unpaired) electrons. The topological polar surface area (TPSA) is 57.2 Å². The lowest BCUT2D eigenvalue weighted by Crippen LogP contribution is -2.42. The van der Waals surface area contributed by atoms with Crippen LogP contribution in [0.25, 0.3) is 10.8 Å². The zero-order valence-electron chi connectivity index (χ0n) is 16.4. The summed E-state index contributed by atoms with van der Waals surface area (Å²) < 4.78 is 24.2. The number of aliphatic hydroxyl groups is 1. The predicted molar refractivity (Wildman–Crippen MR) is 107 cm³/mol. The first kappa shape index (κ1) is 20.1. The highest BCUT2D eigenvalue weighted by Gasteiger charge is 2.56. The van der Waals surface area contributed by atoms with Crippen LogP contribution in [0.4, 0.5) is 0 Å². The van der Waals surface area contributed by atoms with Crippen LogP contribution >= 0.6 is 11.6 Å². The van der Waals surface area contributed by atoms with Crippen LogP contribution in [0.1, 0.15) is 39.2 Å². The standard InChI is InChI=1S/C22H27ClO5/c1-4-7-17(24)18-19(20-21(26-18)28-22(2,3)27-20)25-12-15-14-9-6-5-8-13(14)10-11-16(15)23/h5-6,8-11,17-21,24H,4,7,12H2,1-3H3/t17-,18-,19+,20-,21-/m1/s1. The number of hydrogen-bond donors (Lipinski definition) is 1. The molecule has 28 heavy (non-hydrogen) atoms. The monoisotopic (exact) mass is 406 g/mol. The molecule has 0 bridgehead atoms. The van der Waals surface area contributed by atoms with Crippen molar-refractivity contribution in [2.24, 2.45) is 0 Å². The summed E-state index contributed by atoms with van der Waals surface area (Å²) in [7, 11) is 0. The molecule has 0 unspecified atom stereocenters. The van der Waals surface area contributed by atoms with Crippen molar-refractivity contribution in [2.75, 3.05) is 0 Å². The van der Waals surface area contributed by atoms with E-state index < -0.39 is 30.4 Å². The maximum absolute atomic E-state index is 10.6. The zero-order valence-corrected chi connectivity index (χ0v) is 17.2. The average Bonchev–Trinajstić information content (AvgIpc) is 3.13. The predicted octanol–water partition coefficient (Wildman–Crippen LogP) is 4.42. The zero-order chi connectivity index (χ0) is 19.9. The quantitative estimate of drug-likeness (QED) is 0.769. The summed E-state index contributed by atoms with van der Waals surface area (Å²) in [6, 6.07) is 12.0. The van der Waals surface area contributed by atoms with E-state index in [2.05, 4.69) is 0 Å². The van der Waals surface area contributed by atoms with Crippen molar-refractivity contribution >= 4 is 22.4 Å². The molecule has 2 aliphatic rings. The molecule has 0 aliphatic carbocycles. The molecule has 0 spiro atoms. The number of halogens is 1. The molecule has 0 amide bonds. The van der Waals surface area contributed by atoms with Crippen molar-refractivity contribution in [1.29, 1.82) is 0 Å². The highest BCUT2D eigenvalue weighted by Crippen LogP contribution is 2.41. The second-order valence-electron chi connectivity index (χ2n) is 7.95. The van der Waals surface area contributed by atoms with Crippen molar-refractivity contribution in [2.45, 2.75) is 76.7 Å². The first-order chi connectivity index (χ1) is 13.4. The number of rotatable bonds is 6. The van der Waals surface area contributed by atoms with E-state index in [9.17, 15) is 5.11 Å². The number of aliphatic hydroxyl groups excluding tert-OH is 1. The fourth-order valence-corrected chi connectivity index (χ4v) is 4.32. The SMILES string of the molecule is CCC[C@@H](O)[C@H]1O[C@@H]2OC(C)(C)O[C@@H]2[C@H]1OCc1c(Cl)ccc2ccccc12. The Morgan fingerprint density at radius 1 is 1.18 bits per heavy atom. The van der Waals surface area contributed by atoms with E-state index in [1.807, 2.05) is 57.2 Å². The fourth-order valence-electron chi connectivity index (χ4n) is 4.10. The minimum atomic E-state index is -0.741. The summed E-state index contributed by atoms with van der Waals surface area (Å²) in [6.07, 6.45) is -1.03. The van der Waals surface area contributed by atoms with Crippen LogP contribution in [-0.2, 0) is 25.6 Å². The Balaban J connectivity index is 1.58. The molecule has 2 heterocycles. The summed E-state index contributed by atoms with van der Waals surface area (Å²) >= 11 is 6.48. The van der Waals surface area contributed by atoms with E-state index in [4.69, 9.17) is 30.5 Å². The van der Waals surface area contributed by atoms with Crippen molar-refractivity contribution in [3.05, 3.63) is 47.0 Å². The van der Waals surface area contributed by atoms with Crippen molar-refractivity contribution in [1.82, 2.24) is 0 Å². The summed E-state index contributed by atoms with van der Waals surface area (Å²) in [5.74, 6) is -0.741. The number of hydrogen-bond acceptors (Lipinski definition) is 5. The normalized spacial score (nSPS) is 29.9. The van der Waals surface area contributed by atoms with Crippen molar-refractivity contribution in [3.8, 4) is 0 Å². The fraction of sp³-hybridized carbons (Fsp3) is 0.545. The van der Waals surface area contributed by atoms with Gasteiger partial charge in [0.2, 0.25) is 0 Å². The molecule has 2 aromatic rings. The van der Waals surface area contributed by atoms with Crippen LogP contribution in [0.2, 0.25) is 5.02 Å². The molecular formula is C22H27ClO5. The number of fused-ring (bicyclic) bond motifs is 2. The Morgan fingerprint density at radius 2 is 1.96 bits per heavy atom. The van der Waals surface area contributed by atoms with E-state index >= 15 is 0 Å². The van der Waals surface area contributed by atoms with E-state index in [1.54, 1.807) is 0 Å². The Bertz CT molecular complexity index is 839. The number of benzene rings is 2. The molecule has 0 aromatic heterocycles. The van der Waals surface area contributed by atoms with Gasteiger partial charge >= 0.3 is 0 Å². The van der Waals surface area contributed by atoms with Gasteiger partial charge in [-0.3, -0.25) is 0 Å². The van der Waals surface area contributed by atoms with E-state index in [0.717, 1.165) is 22.8 Å². The Hall–Kier alpha value is -1.21. The summed E-state index contributed by atoms with van der Waals surface area (Å²) in [5.41, 5.74) is 0.921. The maximum atomic E-state index is 10.6. The summed E-state index contributed by atoms with van der Waals surface area (Å²) in [4.78, 5) is 0. The lowest BCUT2D eigenvalue weighted by molar-refractivity contribution is -0.230. The van der Waals surface area contributed by atoms with Crippen LogP contribution < -0.4 is 0 Å². The maximum Gasteiger partial charge on any atom is 0.190 e. The summed E-state index contributed by atoms with van der Waals surface area (Å²) in [5, 5.41) is 13.4. The van der Waals surface area contributed by atoms with Gasteiger partial charge < -0.3 is 24.1 Å². The molecule has 5 atom stereocenters. The highest BCUT2D eigenvalue weighted by atomic mass is 35.5. The molecule has 152 valence electrons. The van der Waals surface area contributed by atoms with Crippen molar-refractivity contribution in [3.63, 3.8) is 0 Å². The molecule has 4 rings (SSSR count). The van der Waals surface area contributed by atoms with E-state index in [1.165, 1.54) is 0 Å². The molecular weight excluding hydrogens is 380 g/mol. The van der Waals surface area contributed by atoms with Crippen LogP contribution in [0.15, 0.2) is 36.4 Å². The van der Waals surface area contributed by atoms with Crippen LogP contribution in [-0.4, -0.2) is 41.6 Å². The third kappa shape index (κ3) is 3.80. The van der Waals surface area contributed by atoms with Gasteiger partial charge in [-0.05, 0) is 37.1 Å². The molecule has 0 saturated carbocycles. The highest BCUT2D eigenvalue weighted by molar-refractivity contribution is 6.32. The van der Waals surface area contributed by atoms with Gasteiger partial charge in [-0.15, -0.1) is 0 Å². The molecule has 1 N–H and O–H groups in total. The smallest absolute Gasteiger partial charge is 0.190 e. The van der Waals surface area contributed by atoms with Gasteiger partial charge in [0.15, 0.2) is 12.1 Å². The largest absolute Gasteiger partial charge is 0.390 e. The molecule has 2 saturated heterocycles. The van der Waals surface area contributed by atoms with Gasteiger partial charge in [0.05, 0.1) is 12.7 Å². The first-order valence-electron chi connectivity index (χ1n) is 9.86. The third-order valence-corrected chi connectivity index (χ3v) is 5.75. The molecule has 2 aliphatic heterocycles. The van der Waals surface area contributed by atoms with Gasteiger partial charge in [0, 0.05) is 10.6 Å². The van der Waals surface area contributed by atoms with Gasteiger partial charge in [-0.1, -0.05) is 55.3 Å². The van der Waals surface area contributed by atoms with Gasteiger partial charge in [-0.25, -0.2) is 0 Å². The van der Waals surface area contributed by atoms with Crippen LogP contribution in [0.3, 0.4) is 0 Å². The second kappa shape index (κ2) is 7.90. The minimum absolute atomic E-state index is 0.302. The molecule has 6 heteroatoms. The number of ether oxygens (including phenoxy) is 4. The Labute approximate surface area is 170 Å². The van der Waals surface area contributed by atoms with E-state index in [0.29, 0.717) is 18.1 Å². The molecule has 2 aromatic carbocycles. The van der Waals surface area contributed by atoms with Gasteiger partial charge in [-0.2, -0.15) is 0 Å². The Kier molecular flexibility index (Phi) is 5.67. The molecule has 2 fully saturated rings. The average molecular weight is 407 g/mol. The second-order valence-corrected chi connectivity index (χ2v) is 8.36. The summed E-state index contributed by atoms with van der Waals surface area (Å²) in [6.45, 7) is 6.03. The molecule has 5 nitrogen and oxygen atoms in total. The lowest BCUT2D eigenvalue weighted by Gasteiger charge is -2.28. The first-order valence-corrected chi connectivity index (χ1v) is 10.2. The van der Waals surface area contributed by atoms with Crippen LogP contribution in [0.5, 0.6) is 0 Å². The van der Waals surface area contributed by atoms with Crippen LogP contribution in [0, 0.1) is 0 Å². The Morgan fingerprint density at radius 3 is 2.75 bits per heavy atom. The van der Waals surface area contributed by atoms with Gasteiger partial charge in [0.1, 0.15) is 18.3 Å².